The van der Waals surface area contributed by atoms with Crippen molar-refractivity contribution in [3.63, 3.8) is 0 Å². The van der Waals surface area contributed by atoms with Gasteiger partial charge in [-0.2, -0.15) is 4.72 Å². The van der Waals surface area contributed by atoms with E-state index in [1.165, 1.54) is 6.07 Å². The number of nitrogens with two attached hydrogens (primary N) is 2. The molecule has 0 aromatic heterocycles. The molecule has 0 amide bonds. The van der Waals surface area contributed by atoms with Gasteiger partial charge >= 0.3 is 5.97 Å². The number of sulfonamides is 1. The third kappa shape index (κ3) is 4.48. The van der Waals surface area contributed by atoms with Crippen LogP contribution in [0.25, 0.3) is 0 Å². The summed E-state index contributed by atoms with van der Waals surface area (Å²) in [7, 11) is -4.07. The Kier molecular flexibility index (Phi) is 6.20. The SMILES string of the molecule is Cc1c(S(=O)(=O)N[C@H](CCCN=C(N)N)C(=O)O)ccc2c1C(C)(C)C(C)(C)O2. The van der Waals surface area contributed by atoms with Crippen molar-refractivity contribution in [1.29, 1.82) is 0 Å². The molecule has 0 radical (unpaired) electrons. The second kappa shape index (κ2) is 7.83. The Balaban J connectivity index is 2.32. The molecule has 0 spiro atoms. The molecule has 1 heterocycles. The third-order valence-corrected chi connectivity index (χ3v) is 7.32. The van der Waals surface area contributed by atoms with E-state index in [1.807, 2.05) is 27.7 Å². The Morgan fingerprint density at radius 2 is 1.90 bits per heavy atom. The molecular formula is C19H30N4O5S. The minimum atomic E-state index is -4.07. The van der Waals surface area contributed by atoms with Crippen LogP contribution in [-0.2, 0) is 20.2 Å². The monoisotopic (exact) mass is 426 g/mol. The molecule has 1 aliphatic rings. The molecule has 0 aliphatic carbocycles. The van der Waals surface area contributed by atoms with Gasteiger partial charge in [-0.15, -0.1) is 0 Å². The molecule has 162 valence electrons. The highest BCUT2D eigenvalue weighted by atomic mass is 32.2. The van der Waals surface area contributed by atoms with E-state index in [4.69, 9.17) is 16.2 Å². The second-order valence-electron chi connectivity index (χ2n) is 8.26. The van der Waals surface area contributed by atoms with Crippen molar-refractivity contribution < 1.29 is 23.1 Å². The number of aliphatic carboxylic acids is 1. The van der Waals surface area contributed by atoms with Gasteiger partial charge in [-0.25, -0.2) is 8.42 Å². The van der Waals surface area contributed by atoms with Crippen molar-refractivity contribution in [3.8, 4) is 5.75 Å². The van der Waals surface area contributed by atoms with Crippen LogP contribution in [0.1, 0.15) is 51.7 Å². The first kappa shape index (κ1) is 23.0. The van der Waals surface area contributed by atoms with Gasteiger partial charge in [0.05, 0.1) is 4.90 Å². The summed E-state index contributed by atoms with van der Waals surface area (Å²) >= 11 is 0. The molecule has 0 fully saturated rings. The zero-order valence-corrected chi connectivity index (χ0v) is 18.3. The fraction of sp³-hybridized carbons (Fsp3) is 0.579. The van der Waals surface area contributed by atoms with E-state index in [1.54, 1.807) is 13.0 Å². The average molecular weight is 427 g/mol. The Labute approximate surface area is 171 Å². The maximum Gasteiger partial charge on any atom is 0.321 e. The number of ether oxygens (including phenoxy) is 1. The fourth-order valence-corrected chi connectivity index (χ4v) is 4.98. The quantitative estimate of drug-likeness (QED) is 0.276. The summed E-state index contributed by atoms with van der Waals surface area (Å²) in [5.74, 6) is -0.718. The maximum absolute atomic E-state index is 13.0. The highest BCUT2D eigenvalue weighted by Crippen LogP contribution is 2.51. The normalized spacial score (nSPS) is 17.8. The van der Waals surface area contributed by atoms with Crippen LogP contribution in [0, 0.1) is 6.92 Å². The molecule has 0 unspecified atom stereocenters. The first-order valence-corrected chi connectivity index (χ1v) is 10.8. The number of benzene rings is 1. The topological polar surface area (TPSA) is 157 Å². The molecule has 9 nitrogen and oxygen atoms in total. The molecule has 1 aromatic carbocycles. The van der Waals surface area contributed by atoms with E-state index >= 15 is 0 Å². The van der Waals surface area contributed by atoms with E-state index in [2.05, 4.69) is 9.71 Å². The summed E-state index contributed by atoms with van der Waals surface area (Å²) < 4.78 is 34.3. The third-order valence-electron chi connectivity index (χ3n) is 5.70. The lowest BCUT2D eigenvalue weighted by molar-refractivity contribution is -0.139. The minimum Gasteiger partial charge on any atom is -0.487 e. The highest BCUT2D eigenvalue weighted by molar-refractivity contribution is 7.89. The van der Waals surface area contributed by atoms with Crippen LogP contribution < -0.4 is 20.9 Å². The van der Waals surface area contributed by atoms with Gasteiger partial charge in [0, 0.05) is 17.5 Å². The lowest BCUT2D eigenvalue weighted by Gasteiger charge is -2.34. The molecule has 29 heavy (non-hydrogen) atoms. The summed E-state index contributed by atoms with van der Waals surface area (Å²) in [6.07, 6.45) is 0.368. The van der Waals surface area contributed by atoms with Crippen molar-refractivity contribution >= 4 is 22.0 Å². The maximum atomic E-state index is 13.0. The van der Waals surface area contributed by atoms with E-state index in [9.17, 15) is 18.3 Å². The summed E-state index contributed by atoms with van der Waals surface area (Å²) in [4.78, 5) is 15.4. The smallest absolute Gasteiger partial charge is 0.321 e. The largest absolute Gasteiger partial charge is 0.487 e. The van der Waals surface area contributed by atoms with Crippen LogP contribution in [0.5, 0.6) is 5.75 Å². The number of carboxylic acid groups (broad SMARTS) is 1. The molecule has 0 bridgehead atoms. The first-order chi connectivity index (χ1) is 13.2. The van der Waals surface area contributed by atoms with Crippen molar-refractivity contribution in [2.45, 2.75) is 69.4 Å². The van der Waals surface area contributed by atoms with Gasteiger partial charge in [-0.1, -0.05) is 13.8 Å². The van der Waals surface area contributed by atoms with E-state index < -0.39 is 33.1 Å². The summed E-state index contributed by atoms with van der Waals surface area (Å²) in [6.45, 7) is 9.84. The Bertz CT molecular complexity index is 934. The fourth-order valence-electron chi connectivity index (χ4n) is 3.51. The van der Waals surface area contributed by atoms with Gasteiger partial charge < -0.3 is 21.3 Å². The molecular weight excluding hydrogens is 396 g/mol. The molecule has 1 aliphatic heterocycles. The molecule has 1 atom stereocenters. The number of hydrogen-bond acceptors (Lipinski definition) is 5. The van der Waals surface area contributed by atoms with E-state index in [-0.39, 0.29) is 23.8 Å². The van der Waals surface area contributed by atoms with Gasteiger partial charge in [0.25, 0.3) is 0 Å². The number of carbonyl (C=O) groups is 1. The standard InChI is InChI=1S/C19H30N4O5S/c1-11-14(9-8-13-15(11)18(2,3)19(4,5)28-13)29(26,27)23-12(16(24)25)7-6-10-22-17(20)21/h8-9,12,23H,6-7,10H2,1-5H3,(H,24,25)(H4,20,21,22)/t12-/m1/s1. The summed E-state index contributed by atoms with van der Waals surface area (Å²) in [5.41, 5.74) is 10.9. The lowest BCUT2D eigenvalue weighted by atomic mass is 9.72. The number of guanidine groups is 1. The predicted octanol–water partition coefficient (Wildman–Crippen LogP) is 1.23. The van der Waals surface area contributed by atoms with Crippen molar-refractivity contribution in [1.82, 2.24) is 4.72 Å². The number of aliphatic imine (C=N–C) groups is 1. The number of fused-ring (bicyclic) bond motifs is 1. The summed E-state index contributed by atoms with van der Waals surface area (Å²) in [5, 5.41) is 9.44. The molecule has 10 heteroatoms. The van der Waals surface area contributed by atoms with Gasteiger partial charge in [0.15, 0.2) is 5.96 Å². The number of rotatable bonds is 8. The van der Waals surface area contributed by atoms with Crippen LogP contribution in [0.3, 0.4) is 0 Å². The number of carboxylic acids is 1. The minimum absolute atomic E-state index is 0.0427. The van der Waals surface area contributed by atoms with Gasteiger partial charge in [-0.05, 0) is 51.3 Å². The van der Waals surface area contributed by atoms with Crippen LogP contribution in [-0.4, -0.2) is 43.6 Å². The first-order valence-electron chi connectivity index (χ1n) is 9.34. The molecule has 1 aromatic rings. The zero-order chi connectivity index (χ0) is 22.2. The van der Waals surface area contributed by atoms with Crippen LogP contribution in [0.15, 0.2) is 22.0 Å². The second-order valence-corrected chi connectivity index (χ2v) is 9.94. The molecule has 6 N–H and O–H groups in total. The van der Waals surface area contributed by atoms with Gasteiger partial charge in [0.1, 0.15) is 17.4 Å². The molecule has 0 saturated heterocycles. The average Bonchev–Trinajstić information content (AvgIpc) is 2.74. The predicted molar refractivity (Wildman–Crippen MR) is 111 cm³/mol. The van der Waals surface area contributed by atoms with Gasteiger partial charge in [-0.3, -0.25) is 9.79 Å². The van der Waals surface area contributed by atoms with Crippen molar-refractivity contribution in [3.05, 3.63) is 23.3 Å². The Morgan fingerprint density at radius 3 is 2.45 bits per heavy atom. The molecule has 2 rings (SSSR count). The Morgan fingerprint density at radius 1 is 1.28 bits per heavy atom. The lowest BCUT2D eigenvalue weighted by Crippen LogP contribution is -2.43. The van der Waals surface area contributed by atoms with E-state index in [0.29, 0.717) is 17.7 Å². The Hall–Kier alpha value is -2.33. The number of nitrogens with one attached hydrogen (secondary N) is 1. The summed E-state index contributed by atoms with van der Waals surface area (Å²) in [6, 6.07) is 1.79. The van der Waals surface area contributed by atoms with Crippen LogP contribution in [0.2, 0.25) is 0 Å². The zero-order valence-electron chi connectivity index (χ0n) is 17.4. The van der Waals surface area contributed by atoms with E-state index in [0.717, 1.165) is 5.56 Å². The molecule has 0 saturated carbocycles. The van der Waals surface area contributed by atoms with Crippen LogP contribution in [0.4, 0.5) is 0 Å². The van der Waals surface area contributed by atoms with Gasteiger partial charge in [0.2, 0.25) is 10.0 Å². The number of nitrogens with zero attached hydrogens (tertiary/aromatic N) is 1. The van der Waals surface area contributed by atoms with Crippen LogP contribution >= 0.6 is 0 Å². The van der Waals surface area contributed by atoms with Crippen molar-refractivity contribution in [2.75, 3.05) is 6.54 Å². The van der Waals surface area contributed by atoms with Crippen molar-refractivity contribution in [2.24, 2.45) is 16.5 Å². The highest BCUT2D eigenvalue weighted by Gasteiger charge is 2.49. The number of hydrogen-bond donors (Lipinski definition) is 4.